The number of esters is 1. The third-order valence-electron chi connectivity index (χ3n) is 3.07. The molecule has 1 heterocycles. The van der Waals surface area contributed by atoms with Gasteiger partial charge < -0.3 is 10.1 Å². The third-order valence-corrected chi connectivity index (χ3v) is 3.07. The molecule has 0 aliphatic rings. The van der Waals surface area contributed by atoms with Gasteiger partial charge in [-0.2, -0.15) is 0 Å². The Kier molecular flexibility index (Phi) is 5.22. The van der Waals surface area contributed by atoms with E-state index in [1.165, 1.54) is 7.11 Å². The van der Waals surface area contributed by atoms with Crippen LogP contribution in [-0.2, 0) is 16.1 Å². The van der Waals surface area contributed by atoms with Crippen LogP contribution in [-0.4, -0.2) is 28.6 Å². The Hall–Kier alpha value is -1.49. The molecule has 0 saturated carbocycles. The number of nitrogens with zero attached hydrogens (tertiary/aromatic N) is 2. The second-order valence-corrected chi connectivity index (χ2v) is 4.67. The lowest BCUT2D eigenvalue weighted by Crippen LogP contribution is -2.43. The van der Waals surface area contributed by atoms with Gasteiger partial charge in [-0.1, -0.05) is 6.92 Å². The molecule has 0 amide bonds. The van der Waals surface area contributed by atoms with Crippen LogP contribution >= 0.6 is 0 Å². The summed E-state index contributed by atoms with van der Waals surface area (Å²) in [6.45, 7) is 6.54. The van der Waals surface area contributed by atoms with Gasteiger partial charge in [0.15, 0.2) is 0 Å². The Balaban J connectivity index is 2.57. The van der Waals surface area contributed by atoms with Crippen LogP contribution < -0.4 is 5.32 Å². The van der Waals surface area contributed by atoms with Crippen molar-refractivity contribution in [3.05, 3.63) is 23.8 Å². The van der Waals surface area contributed by atoms with Crippen molar-refractivity contribution in [1.29, 1.82) is 0 Å². The molecule has 0 spiro atoms. The topological polar surface area (TPSA) is 64.1 Å². The second-order valence-electron chi connectivity index (χ2n) is 4.67. The molecule has 1 aromatic heterocycles. The third kappa shape index (κ3) is 4.41. The lowest BCUT2D eigenvalue weighted by atomic mass is 9.94. The fourth-order valence-electron chi connectivity index (χ4n) is 1.52. The highest BCUT2D eigenvalue weighted by Crippen LogP contribution is 2.15. The summed E-state index contributed by atoms with van der Waals surface area (Å²) in [5.74, 6) is -0.207. The summed E-state index contributed by atoms with van der Waals surface area (Å²) >= 11 is 0. The average molecular weight is 251 g/mol. The number of hydrogen-bond acceptors (Lipinski definition) is 5. The smallest absolute Gasteiger partial charge is 0.307 e. The van der Waals surface area contributed by atoms with E-state index < -0.39 is 0 Å². The fraction of sp³-hybridized carbons (Fsp3) is 0.615. The van der Waals surface area contributed by atoms with E-state index in [0.29, 0.717) is 13.0 Å². The molecule has 0 unspecified atom stereocenters. The maximum Gasteiger partial charge on any atom is 0.307 e. The van der Waals surface area contributed by atoms with E-state index in [9.17, 15) is 4.79 Å². The van der Waals surface area contributed by atoms with E-state index in [1.807, 2.05) is 20.8 Å². The number of carbonyl (C=O) groups excluding carboxylic acids is 1. The van der Waals surface area contributed by atoms with Crippen molar-refractivity contribution in [2.45, 2.75) is 45.7 Å². The van der Waals surface area contributed by atoms with Gasteiger partial charge in [0.2, 0.25) is 0 Å². The van der Waals surface area contributed by atoms with Gasteiger partial charge in [0.1, 0.15) is 0 Å². The van der Waals surface area contributed by atoms with Gasteiger partial charge in [0.25, 0.3) is 0 Å². The molecule has 18 heavy (non-hydrogen) atoms. The van der Waals surface area contributed by atoms with E-state index in [-0.39, 0.29) is 11.5 Å². The standard InChI is InChI=1S/C13H21N3O2/c1-5-13(3,6-12(17)18-4)16-9-11-8-14-10(2)7-15-11/h7-8,16H,5-6,9H2,1-4H3/t13-/m1/s1. The molecule has 1 aromatic rings. The Morgan fingerprint density at radius 3 is 2.67 bits per heavy atom. The highest BCUT2D eigenvalue weighted by atomic mass is 16.5. The van der Waals surface area contributed by atoms with Crippen LogP contribution in [0.4, 0.5) is 0 Å². The van der Waals surface area contributed by atoms with Crippen LogP contribution in [0.3, 0.4) is 0 Å². The van der Waals surface area contributed by atoms with E-state index in [1.54, 1.807) is 12.4 Å². The highest BCUT2D eigenvalue weighted by molar-refractivity contribution is 5.70. The summed E-state index contributed by atoms with van der Waals surface area (Å²) in [5.41, 5.74) is 1.48. The van der Waals surface area contributed by atoms with Gasteiger partial charge in [-0.25, -0.2) is 0 Å². The summed E-state index contributed by atoms with van der Waals surface area (Å²) in [5, 5.41) is 3.34. The molecule has 1 N–H and O–H groups in total. The van der Waals surface area contributed by atoms with Crippen LogP contribution in [0.15, 0.2) is 12.4 Å². The fourth-order valence-corrected chi connectivity index (χ4v) is 1.52. The van der Waals surface area contributed by atoms with Crippen molar-refractivity contribution < 1.29 is 9.53 Å². The summed E-state index contributed by atoms with van der Waals surface area (Å²) in [7, 11) is 1.41. The largest absolute Gasteiger partial charge is 0.469 e. The second kappa shape index (κ2) is 6.44. The molecule has 0 saturated heterocycles. The minimum atomic E-state index is -0.278. The molecule has 0 aliphatic heterocycles. The molecular weight excluding hydrogens is 230 g/mol. The summed E-state index contributed by atoms with van der Waals surface area (Å²) < 4.78 is 4.71. The number of rotatable bonds is 6. The van der Waals surface area contributed by atoms with E-state index in [0.717, 1.165) is 17.8 Å². The number of aromatic nitrogens is 2. The zero-order valence-corrected chi connectivity index (χ0v) is 11.5. The number of ether oxygens (including phenoxy) is 1. The van der Waals surface area contributed by atoms with Gasteiger partial charge in [0, 0.05) is 24.5 Å². The first kappa shape index (κ1) is 14.6. The van der Waals surface area contributed by atoms with E-state index in [4.69, 9.17) is 4.74 Å². The molecule has 1 rings (SSSR count). The number of methoxy groups -OCH3 is 1. The molecule has 100 valence electrons. The Bertz CT molecular complexity index is 392. The van der Waals surface area contributed by atoms with Crippen molar-refractivity contribution in [1.82, 2.24) is 15.3 Å². The molecule has 5 nitrogen and oxygen atoms in total. The Morgan fingerprint density at radius 1 is 1.44 bits per heavy atom. The van der Waals surface area contributed by atoms with Crippen molar-refractivity contribution in [3.8, 4) is 0 Å². The van der Waals surface area contributed by atoms with Crippen molar-refractivity contribution in [3.63, 3.8) is 0 Å². The molecule has 0 fully saturated rings. The van der Waals surface area contributed by atoms with Crippen LogP contribution in [0.25, 0.3) is 0 Å². The zero-order valence-electron chi connectivity index (χ0n) is 11.5. The van der Waals surface area contributed by atoms with Crippen molar-refractivity contribution in [2.75, 3.05) is 7.11 Å². The lowest BCUT2D eigenvalue weighted by molar-refractivity contribution is -0.142. The van der Waals surface area contributed by atoms with E-state index >= 15 is 0 Å². The van der Waals surface area contributed by atoms with Crippen molar-refractivity contribution in [2.24, 2.45) is 0 Å². The zero-order chi connectivity index (χ0) is 13.6. The van der Waals surface area contributed by atoms with Crippen LogP contribution in [0, 0.1) is 6.92 Å². The van der Waals surface area contributed by atoms with Crippen molar-refractivity contribution >= 4 is 5.97 Å². The first-order valence-corrected chi connectivity index (χ1v) is 6.08. The SMILES string of the molecule is CC[C@](C)(CC(=O)OC)NCc1cnc(C)cn1. The number of aryl methyl sites for hydroxylation is 1. The first-order valence-electron chi connectivity index (χ1n) is 6.08. The molecule has 0 aromatic carbocycles. The Morgan fingerprint density at radius 2 is 2.17 bits per heavy atom. The van der Waals surface area contributed by atoms with Gasteiger partial charge in [0.05, 0.1) is 24.9 Å². The normalized spacial score (nSPS) is 14.0. The monoisotopic (exact) mass is 251 g/mol. The summed E-state index contributed by atoms with van der Waals surface area (Å²) in [6, 6.07) is 0. The minimum Gasteiger partial charge on any atom is -0.469 e. The van der Waals surface area contributed by atoms with Gasteiger partial charge in [-0.05, 0) is 20.3 Å². The first-order chi connectivity index (χ1) is 8.49. The minimum absolute atomic E-state index is 0.207. The maximum absolute atomic E-state index is 11.4. The Labute approximate surface area is 108 Å². The summed E-state index contributed by atoms with van der Waals surface area (Å²) in [4.78, 5) is 19.8. The predicted octanol–water partition coefficient (Wildman–Crippen LogP) is 1.61. The van der Waals surface area contributed by atoms with Gasteiger partial charge in [-0.3, -0.25) is 14.8 Å². The predicted molar refractivity (Wildman–Crippen MR) is 68.9 cm³/mol. The number of carbonyl (C=O) groups is 1. The van der Waals surface area contributed by atoms with Crippen LogP contribution in [0.1, 0.15) is 38.1 Å². The van der Waals surface area contributed by atoms with E-state index in [2.05, 4.69) is 15.3 Å². The number of nitrogens with one attached hydrogen (secondary N) is 1. The molecule has 0 radical (unpaired) electrons. The highest BCUT2D eigenvalue weighted by Gasteiger charge is 2.25. The van der Waals surface area contributed by atoms with Crippen LogP contribution in [0.2, 0.25) is 0 Å². The average Bonchev–Trinajstić information content (AvgIpc) is 2.38. The maximum atomic E-state index is 11.4. The molecular formula is C13H21N3O2. The molecule has 0 aliphatic carbocycles. The number of hydrogen-bond donors (Lipinski definition) is 1. The molecule has 5 heteroatoms. The lowest BCUT2D eigenvalue weighted by Gasteiger charge is -2.28. The van der Waals surface area contributed by atoms with Gasteiger partial charge in [-0.15, -0.1) is 0 Å². The molecule has 1 atom stereocenters. The van der Waals surface area contributed by atoms with Gasteiger partial charge >= 0.3 is 5.97 Å². The van der Waals surface area contributed by atoms with Crippen LogP contribution in [0.5, 0.6) is 0 Å². The summed E-state index contributed by atoms with van der Waals surface area (Å²) in [6.07, 6.45) is 4.66. The molecule has 0 bridgehead atoms. The quantitative estimate of drug-likeness (QED) is 0.778.